The summed E-state index contributed by atoms with van der Waals surface area (Å²) >= 11 is 0. The summed E-state index contributed by atoms with van der Waals surface area (Å²) in [6.07, 6.45) is -0.554. The van der Waals surface area contributed by atoms with E-state index in [0.717, 1.165) is 13.2 Å². The van der Waals surface area contributed by atoms with Gasteiger partial charge in [0, 0.05) is 11.6 Å². The number of hydrogen-bond donors (Lipinski definition) is 0. The van der Waals surface area contributed by atoms with Gasteiger partial charge in [-0.15, -0.1) is 0 Å². The first-order valence-electron chi connectivity index (χ1n) is 4.15. The minimum Gasteiger partial charge on any atom is -0.469 e. The molecule has 1 aromatic rings. The van der Waals surface area contributed by atoms with Gasteiger partial charge in [-0.2, -0.15) is 4.39 Å². The number of carbonyl (C=O) groups excluding carboxylic acids is 1. The number of halogens is 2. The highest BCUT2D eigenvalue weighted by atomic mass is 19.1. The Labute approximate surface area is 88.8 Å². The third-order valence-corrected chi connectivity index (χ3v) is 1.85. The number of benzene rings is 1. The second-order valence-electron chi connectivity index (χ2n) is 2.91. The summed E-state index contributed by atoms with van der Waals surface area (Å²) < 4.78 is 30.2. The summed E-state index contributed by atoms with van der Waals surface area (Å²) in [5.41, 5.74) is -1.26. The van der Waals surface area contributed by atoms with E-state index in [4.69, 9.17) is 0 Å². The molecule has 16 heavy (non-hydrogen) atoms. The number of esters is 1. The molecule has 0 heterocycles. The van der Waals surface area contributed by atoms with Gasteiger partial charge < -0.3 is 4.74 Å². The summed E-state index contributed by atoms with van der Waals surface area (Å²) in [5.74, 6) is -3.11. The molecule has 1 aromatic carbocycles. The predicted molar refractivity (Wildman–Crippen MR) is 48.7 cm³/mol. The van der Waals surface area contributed by atoms with Crippen molar-refractivity contribution in [1.82, 2.24) is 0 Å². The zero-order valence-electron chi connectivity index (χ0n) is 8.20. The summed E-state index contributed by atoms with van der Waals surface area (Å²) in [7, 11) is 1.07. The zero-order valence-corrected chi connectivity index (χ0v) is 8.20. The van der Waals surface area contributed by atoms with Crippen molar-refractivity contribution in [2.75, 3.05) is 7.11 Å². The van der Waals surface area contributed by atoms with Gasteiger partial charge in [0.2, 0.25) is 5.82 Å². The van der Waals surface area contributed by atoms with Gasteiger partial charge in [-0.1, -0.05) is 0 Å². The molecule has 0 saturated heterocycles. The number of carbonyl (C=O) groups is 1. The number of ether oxygens (including phenoxy) is 1. The Balaban J connectivity index is 3.24. The van der Waals surface area contributed by atoms with E-state index in [1.807, 2.05) is 0 Å². The molecule has 1 rings (SSSR count). The number of methoxy groups -OCH3 is 1. The van der Waals surface area contributed by atoms with E-state index in [9.17, 15) is 23.7 Å². The van der Waals surface area contributed by atoms with Gasteiger partial charge >= 0.3 is 11.7 Å². The van der Waals surface area contributed by atoms with Gasteiger partial charge in [0.15, 0.2) is 0 Å². The molecule has 0 amide bonds. The molecule has 7 heteroatoms. The highest BCUT2D eigenvalue weighted by molar-refractivity contribution is 5.74. The summed E-state index contributed by atoms with van der Waals surface area (Å²) in [6, 6.07) is 1.12. The molecule has 0 fully saturated rings. The monoisotopic (exact) mass is 231 g/mol. The van der Waals surface area contributed by atoms with Crippen molar-refractivity contribution in [1.29, 1.82) is 0 Å². The highest BCUT2D eigenvalue weighted by Gasteiger charge is 2.23. The number of nitrogens with zero attached hydrogens (tertiary/aromatic N) is 1. The molecule has 0 spiro atoms. The van der Waals surface area contributed by atoms with Crippen LogP contribution in [-0.2, 0) is 16.0 Å². The van der Waals surface area contributed by atoms with Crippen LogP contribution in [0.25, 0.3) is 0 Å². The normalized spacial score (nSPS) is 9.94. The van der Waals surface area contributed by atoms with E-state index in [1.165, 1.54) is 0 Å². The SMILES string of the molecule is COC(=O)Cc1cc(F)cc(F)c1[N+](=O)[O-]. The Bertz CT molecular complexity index is 447. The van der Waals surface area contributed by atoms with Crippen molar-refractivity contribution in [2.45, 2.75) is 6.42 Å². The minimum absolute atomic E-state index is 0.352. The highest BCUT2D eigenvalue weighted by Crippen LogP contribution is 2.24. The predicted octanol–water partition coefficient (Wildman–Crippen LogP) is 1.59. The van der Waals surface area contributed by atoms with E-state index in [0.29, 0.717) is 6.07 Å². The average molecular weight is 231 g/mol. The third-order valence-electron chi connectivity index (χ3n) is 1.85. The van der Waals surface area contributed by atoms with Crippen molar-refractivity contribution >= 4 is 11.7 Å². The lowest BCUT2D eigenvalue weighted by Crippen LogP contribution is -2.08. The molecular formula is C9H7F2NO4. The standard InChI is InChI=1S/C9H7F2NO4/c1-16-8(13)3-5-2-6(10)4-7(11)9(5)12(14)15/h2,4H,3H2,1H3. The van der Waals surface area contributed by atoms with Crippen LogP contribution in [-0.4, -0.2) is 18.0 Å². The summed E-state index contributed by atoms with van der Waals surface area (Å²) in [6.45, 7) is 0. The smallest absolute Gasteiger partial charge is 0.310 e. The number of nitro benzene ring substituents is 1. The fourth-order valence-electron chi connectivity index (χ4n) is 1.19. The molecule has 0 bridgehead atoms. The van der Waals surface area contributed by atoms with Crippen LogP contribution in [0.4, 0.5) is 14.5 Å². The molecule has 5 nitrogen and oxygen atoms in total. The number of rotatable bonds is 3. The fourth-order valence-corrected chi connectivity index (χ4v) is 1.19. The molecule has 0 aromatic heterocycles. The first-order chi connectivity index (χ1) is 7.45. The van der Waals surface area contributed by atoms with Gasteiger partial charge in [-0.3, -0.25) is 14.9 Å². The third kappa shape index (κ3) is 2.50. The van der Waals surface area contributed by atoms with E-state index >= 15 is 0 Å². The van der Waals surface area contributed by atoms with Crippen LogP contribution < -0.4 is 0 Å². The van der Waals surface area contributed by atoms with E-state index in [-0.39, 0.29) is 5.56 Å². The van der Waals surface area contributed by atoms with E-state index in [2.05, 4.69) is 4.74 Å². The number of nitro groups is 1. The Hall–Kier alpha value is -2.05. The largest absolute Gasteiger partial charge is 0.469 e. The number of hydrogen-bond acceptors (Lipinski definition) is 4. The van der Waals surface area contributed by atoms with Crippen LogP contribution in [0.3, 0.4) is 0 Å². The minimum atomic E-state index is -1.32. The van der Waals surface area contributed by atoms with Crippen molar-refractivity contribution in [2.24, 2.45) is 0 Å². The maximum absolute atomic E-state index is 13.1. The van der Waals surface area contributed by atoms with Gasteiger partial charge in [-0.25, -0.2) is 4.39 Å². The average Bonchev–Trinajstić information content (AvgIpc) is 2.15. The van der Waals surface area contributed by atoms with Crippen LogP contribution in [0.5, 0.6) is 0 Å². The lowest BCUT2D eigenvalue weighted by atomic mass is 10.1. The molecular weight excluding hydrogens is 224 g/mol. The summed E-state index contributed by atoms with van der Waals surface area (Å²) in [5, 5.41) is 10.5. The van der Waals surface area contributed by atoms with Crippen LogP contribution in [0, 0.1) is 21.7 Å². The van der Waals surface area contributed by atoms with E-state index < -0.39 is 34.6 Å². The molecule has 0 saturated carbocycles. The van der Waals surface area contributed by atoms with Crippen molar-refractivity contribution in [3.8, 4) is 0 Å². The summed E-state index contributed by atoms with van der Waals surface area (Å²) in [4.78, 5) is 20.4. The van der Waals surface area contributed by atoms with Gasteiger partial charge in [0.1, 0.15) is 5.82 Å². The Morgan fingerprint density at radius 2 is 2.12 bits per heavy atom. The molecule has 0 aliphatic rings. The molecule has 0 aliphatic carbocycles. The second kappa shape index (κ2) is 4.65. The van der Waals surface area contributed by atoms with Crippen LogP contribution in [0.15, 0.2) is 12.1 Å². The van der Waals surface area contributed by atoms with Crippen LogP contribution in [0.2, 0.25) is 0 Å². The van der Waals surface area contributed by atoms with Crippen molar-refractivity contribution < 1.29 is 23.2 Å². The Morgan fingerprint density at radius 1 is 1.50 bits per heavy atom. The molecule has 0 unspecified atom stereocenters. The maximum atomic E-state index is 13.1. The second-order valence-corrected chi connectivity index (χ2v) is 2.91. The maximum Gasteiger partial charge on any atom is 0.310 e. The Morgan fingerprint density at radius 3 is 2.62 bits per heavy atom. The van der Waals surface area contributed by atoms with Crippen LogP contribution >= 0.6 is 0 Å². The van der Waals surface area contributed by atoms with Crippen molar-refractivity contribution in [3.63, 3.8) is 0 Å². The van der Waals surface area contributed by atoms with Gasteiger partial charge in [-0.05, 0) is 6.07 Å². The van der Waals surface area contributed by atoms with E-state index in [1.54, 1.807) is 0 Å². The molecule has 0 radical (unpaired) electrons. The Kier molecular flexibility index (Phi) is 3.49. The zero-order chi connectivity index (χ0) is 12.3. The topological polar surface area (TPSA) is 69.4 Å². The lowest BCUT2D eigenvalue weighted by Gasteiger charge is -2.03. The van der Waals surface area contributed by atoms with Crippen molar-refractivity contribution in [3.05, 3.63) is 39.4 Å². The molecule has 0 aliphatic heterocycles. The van der Waals surface area contributed by atoms with Crippen LogP contribution in [0.1, 0.15) is 5.56 Å². The first kappa shape index (κ1) is 12.0. The van der Waals surface area contributed by atoms with Gasteiger partial charge in [0.05, 0.1) is 18.5 Å². The fraction of sp³-hybridized carbons (Fsp3) is 0.222. The molecule has 0 atom stereocenters. The molecule has 86 valence electrons. The first-order valence-corrected chi connectivity index (χ1v) is 4.15. The quantitative estimate of drug-likeness (QED) is 0.450. The molecule has 0 N–H and O–H groups in total. The lowest BCUT2D eigenvalue weighted by molar-refractivity contribution is -0.388. The van der Waals surface area contributed by atoms with Gasteiger partial charge in [0.25, 0.3) is 0 Å².